The molecule has 0 aliphatic rings. The van der Waals surface area contributed by atoms with E-state index in [1.165, 1.54) is 10.8 Å². The van der Waals surface area contributed by atoms with Crippen LogP contribution >= 0.6 is 95.6 Å². The molecule has 18 heavy (non-hydrogen) atoms. The maximum absolute atomic E-state index is 3.60. The van der Waals surface area contributed by atoms with Crippen molar-refractivity contribution in [3.05, 3.63) is 47.5 Å². The van der Waals surface area contributed by atoms with E-state index in [1.807, 2.05) is 12.1 Å². The molecule has 0 fully saturated rings. The maximum Gasteiger partial charge on any atom is 0.160 e. The van der Waals surface area contributed by atoms with E-state index in [0.29, 0.717) is 0 Å². The zero-order valence-electron chi connectivity index (χ0n) is 8.73. The molecule has 0 radical (unpaired) electrons. The van der Waals surface area contributed by atoms with Gasteiger partial charge in [-0.2, -0.15) is 0 Å². The molecule has 2 aromatic rings. The molecule has 0 aliphatic heterocycles. The fraction of sp³-hybridized carbons (Fsp3) is 0.167. The number of hydrogen-bond acceptors (Lipinski definition) is 0. The standard InChI is InChI=1S/C12H6Br6/c13-11(14,15)8-5-7-3-1-2-4-9(7)10(6-8)12(16,17)18/h1-6H. The van der Waals surface area contributed by atoms with Crippen LogP contribution < -0.4 is 0 Å². The van der Waals surface area contributed by atoms with Crippen molar-refractivity contribution < 1.29 is 0 Å². The molecule has 0 aromatic heterocycles. The summed E-state index contributed by atoms with van der Waals surface area (Å²) < 4.78 is -0.870. The molecule has 6 heteroatoms. The second kappa shape index (κ2) is 5.76. The quantitative estimate of drug-likeness (QED) is 0.266. The third kappa shape index (κ3) is 3.61. The highest BCUT2D eigenvalue weighted by atomic mass is 80.0. The lowest BCUT2D eigenvalue weighted by molar-refractivity contribution is 1.32. The van der Waals surface area contributed by atoms with Gasteiger partial charge in [-0.05, 0) is 34.0 Å². The highest BCUT2D eigenvalue weighted by Crippen LogP contribution is 2.51. The van der Waals surface area contributed by atoms with Gasteiger partial charge in [0.05, 0.1) is 0 Å². The van der Waals surface area contributed by atoms with Gasteiger partial charge in [0, 0.05) is 0 Å². The number of alkyl halides is 6. The van der Waals surface area contributed by atoms with E-state index < -0.39 is 4.29 Å². The van der Waals surface area contributed by atoms with Gasteiger partial charge in [0.25, 0.3) is 0 Å². The second-order valence-electron chi connectivity index (χ2n) is 3.74. The lowest BCUT2D eigenvalue weighted by Gasteiger charge is -2.20. The van der Waals surface area contributed by atoms with Gasteiger partial charge in [-0.25, -0.2) is 0 Å². The minimum atomic E-state index is -0.444. The first-order valence-electron chi connectivity index (χ1n) is 4.87. The van der Waals surface area contributed by atoms with Crippen molar-refractivity contribution in [3.63, 3.8) is 0 Å². The van der Waals surface area contributed by atoms with Crippen LogP contribution in [0.2, 0.25) is 0 Å². The van der Waals surface area contributed by atoms with Crippen molar-refractivity contribution in [1.82, 2.24) is 0 Å². The summed E-state index contributed by atoms with van der Waals surface area (Å²) in [5.41, 5.74) is 2.19. The van der Waals surface area contributed by atoms with Crippen molar-refractivity contribution in [1.29, 1.82) is 0 Å². The van der Waals surface area contributed by atoms with Crippen molar-refractivity contribution in [3.8, 4) is 0 Å². The Balaban J connectivity index is 2.81. The van der Waals surface area contributed by atoms with Crippen LogP contribution in [0.25, 0.3) is 10.8 Å². The van der Waals surface area contributed by atoms with Gasteiger partial charge in [-0.1, -0.05) is 120 Å². The zero-order valence-corrected chi connectivity index (χ0v) is 18.2. The minimum Gasteiger partial charge on any atom is -0.0616 e. The molecule has 0 saturated carbocycles. The van der Waals surface area contributed by atoms with Gasteiger partial charge in [0.2, 0.25) is 0 Å². The van der Waals surface area contributed by atoms with E-state index in [1.54, 1.807) is 0 Å². The highest BCUT2D eigenvalue weighted by molar-refractivity contribution is 9.39. The highest BCUT2D eigenvalue weighted by Gasteiger charge is 2.28. The van der Waals surface area contributed by atoms with Crippen molar-refractivity contribution in [2.45, 2.75) is 4.29 Å². The Morgan fingerprint density at radius 1 is 0.722 bits per heavy atom. The molecule has 0 heterocycles. The van der Waals surface area contributed by atoms with E-state index >= 15 is 0 Å². The first-order chi connectivity index (χ1) is 8.19. The van der Waals surface area contributed by atoms with Gasteiger partial charge in [-0.15, -0.1) is 0 Å². The fourth-order valence-corrected chi connectivity index (χ4v) is 3.38. The Hall–Kier alpha value is 1.58. The summed E-state index contributed by atoms with van der Waals surface area (Å²) in [5.74, 6) is 0. The van der Waals surface area contributed by atoms with Crippen LogP contribution in [0.5, 0.6) is 0 Å². The number of hydrogen-bond donors (Lipinski definition) is 0. The molecule has 0 amide bonds. The molecule has 0 saturated heterocycles. The fourth-order valence-electron chi connectivity index (χ4n) is 1.71. The smallest absolute Gasteiger partial charge is 0.0616 e. The number of benzene rings is 2. The third-order valence-corrected chi connectivity index (χ3v) is 5.15. The predicted octanol–water partition coefficient (Wildman–Crippen LogP) is 7.43. The van der Waals surface area contributed by atoms with Crippen LogP contribution in [-0.2, 0) is 4.29 Å². The molecular formula is C12H6Br6. The van der Waals surface area contributed by atoms with E-state index in [0.717, 1.165) is 11.1 Å². The predicted molar refractivity (Wildman–Crippen MR) is 101 cm³/mol. The van der Waals surface area contributed by atoms with Gasteiger partial charge in [0.15, 0.2) is 4.29 Å². The molecule has 0 N–H and O–H groups in total. The van der Waals surface area contributed by atoms with E-state index in [-0.39, 0.29) is 0 Å². The van der Waals surface area contributed by atoms with E-state index in [9.17, 15) is 0 Å². The van der Waals surface area contributed by atoms with Crippen LogP contribution in [0.1, 0.15) is 11.1 Å². The molecule has 0 nitrogen and oxygen atoms in total. The number of fused-ring (bicyclic) bond motifs is 1. The molecule has 2 rings (SSSR count). The van der Waals surface area contributed by atoms with Crippen LogP contribution in [0.3, 0.4) is 0 Å². The second-order valence-corrected chi connectivity index (χ2v) is 17.3. The average molecular weight is 630 g/mol. The monoisotopic (exact) mass is 624 g/mol. The van der Waals surface area contributed by atoms with Crippen LogP contribution in [0.15, 0.2) is 36.4 Å². The number of rotatable bonds is 0. The summed E-state index contributed by atoms with van der Waals surface area (Å²) in [5, 5.41) is 2.36. The van der Waals surface area contributed by atoms with E-state index in [4.69, 9.17) is 0 Å². The van der Waals surface area contributed by atoms with Crippen LogP contribution in [-0.4, -0.2) is 0 Å². The molecule has 0 bridgehead atoms. The van der Waals surface area contributed by atoms with Gasteiger partial charge in [-0.3, -0.25) is 0 Å². The SMILES string of the molecule is BrC(Br)(Br)c1cc(C(Br)(Br)Br)c2ccccc2c1. The first-order valence-corrected chi connectivity index (χ1v) is 9.62. The van der Waals surface area contributed by atoms with Crippen molar-refractivity contribution in [2.75, 3.05) is 0 Å². The summed E-state index contributed by atoms with van der Waals surface area (Å²) in [6.45, 7) is 0. The maximum atomic E-state index is 3.60. The van der Waals surface area contributed by atoms with Crippen LogP contribution in [0.4, 0.5) is 0 Å². The summed E-state index contributed by atoms with van der Waals surface area (Å²) in [4.78, 5) is 0. The molecule has 2 aromatic carbocycles. The van der Waals surface area contributed by atoms with Crippen molar-refractivity contribution >= 4 is 106 Å². The largest absolute Gasteiger partial charge is 0.160 e. The molecule has 0 unspecified atom stereocenters. The van der Waals surface area contributed by atoms with Gasteiger partial charge >= 0.3 is 0 Å². The zero-order chi connectivity index (χ0) is 13.6. The molecule has 96 valence electrons. The Bertz CT molecular complexity index is 579. The summed E-state index contributed by atoms with van der Waals surface area (Å²) in [7, 11) is 0. The van der Waals surface area contributed by atoms with Gasteiger partial charge in [0.1, 0.15) is 0 Å². The lowest BCUT2D eigenvalue weighted by atomic mass is 10.0. The molecule has 0 atom stereocenters. The average Bonchev–Trinajstić information content (AvgIpc) is 2.25. The van der Waals surface area contributed by atoms with E-state index in [2.05, 4.69) is 120 Å². The Morgan fingerprint density at radius 2 is 1.33 bits per heavy atom. The molecular weight excluding hydrogens is 624 g/mol. The number of halogens is 6. The van der Waals surface area contributed by atoms with Crippen LogP contribution in [0, 0.1) is 0 Å². The minimum absolute atomic E-state index is 0.427. The Labute approximate surface area is 156 Å². The van der Waals surface area contributed by atoms with Crippen molar-refractivity contribution in [2.24, 2.45) is 0 Å². The third-order valence-electron chi connectivity index (χ3n) is 2.49. The molecule has 0 spiro atoms. The summed E-state index contributed by atoms with van der Waals surface area (Å²) in [6, 6.07) is 12.5. The topological polar surface area (TPSA) is 0 Å². The first kappa shape index (κ1) is 16.0. The Morgan fingerprint density at radius 3 is 1.89 bits per heavy atom. The van der Waals surface area contributed by atoms with Gasteiger partial charge < -0.3 is 0 Å². The normalized spacial score (nSPS) is 13.0. The molecule has 0 aliphatic carbocycles. The Kier molecular flexibility index (Phi) is 5.11. The summed E-state index contributed by atoms with van der Waals surface area (Å²) in [6.07, 6.45) is 0. The lowest BCUT2D eigenvalue weighted by Crippen LogP contribution is -2.04. The summed E-state index contributed by atoms with van der Waals surface area (Å²) >= 11 is 21.5.